The van der Waals surface area contributed by atoms with Crippen molar-refractivity contribution in [1.29, 1.82) is 0 Å². The summed E-state index contributed by atoms with van der Waals surface area (Å²) < 4.78 is 38.4. The van der Waals surface area contributed by atoms with Crippen molar-refractivity contribution in [1.82, 2.24) is 0 Å². The number of hydrogen-bond acceptors (Lipinski definition) is 1. The first kappa shape index (κ1) is 12.0. The topological polar surface area (TPSA) is 20.2 Å². The Hall–Kier alpha value is -1.03. The molecule has 0 radical (unpaired) electrons. The lowest BCUT2D eigenvalue weighted by Gasteiger charge is -2.23. The molecule has 0 aliphatic carbocycles. The zero-order valence-electron chi connectivity index (χ0n) is 8.65. The van der Waals surface area contributed by atoms with Crippen molar-refractivity contribution in [2.24, 2.45) is 0 Å². The van der Waals surface area contributed by atoms with Crippen LogP contribution in [0, 0.1) is 17.5 Å². The van der Waals surface area contributed by atoms with Gasteiger partial charge in [-0.25, -0.2) is 13.2 Å². The Morgan fingerprint density at radius 2 is 1.67 bits per heavy atom. The van der Waals surface area contributed by atoms with Gasteiger partial charge in [0, 0.05) is 0 Å². The van der Waals surface area contributed by atoms with Crippen molar-refractivity contribution >= 4 is 0 Å². The second-order valence-corrected chi connectivity index (χ2v) is 3.78. The van der Waals surface area contributed by atoms with E-state index in [-0.39, 0.29) is 5.56 Å². The first-order valence-electron chi connectivity index (χ1n) is 4.76. The fraction of sp³-hybridized carbons (Fsp3) is 0.455. The average Bonchev–Trinajstić information content (AvgIpc) is 2.13. The maximum Gasteiger partial charge on any atom is 0.194 e. The lowest BCUT2D eigenvalue weighted by atomic mass is 9.91. The normalized spacial score (nSPS) is 15.1. The van der Waals surface area contributed by atoms with Crippen LogP contribution in [0.1, 0.15) is 32.3 Å². The van der Waals surface area contributed by atoms with Crippen molar-refractivity contribution in [3.05, 3.63) is 35.1 Å². The molecule has 0 bridgehead atoms. The third kappa shape index (κ3) is 2.50. The van der Waals surface area contributed by atoms with Crippen LogP contribution in [0.15, 0.2) is 12.1 Å². The van der Waals surface area contributed by atoms with Crippen LogP contribution in [0.25, 0.3) is 0 Å². The Labute approximate surface area is 86.5 Å². The maximum absolute atomic E-state index is 12.9. The van der Waals surface area contributed by atoms with Crippen LogP contribution in [0.5, 0.6) is 0 Å². The predicted octanol–water partition coefficient (Wildman–Crippen LogP) is 3.11. The summed E-state index contributed by atoms with van der Waals surface area (Å²) in [4.78, 5) is 0. The van der Waals surface area contributed by atoms with E-state index >= 15 is 0 Å². The highest BCUT2D eigenvalue weighted by atomic mass is 19.2. The Morgan fingerprint density at radius 3 is 2.07 bits per heavy atom. The van der Waals surface area contributed by atoms with Gasteiger partial charge in [-0.15, -0.1) is 0 Å². The molecule has 1 aromatic carbocycles. The zero-order chi connectivity index (χ0) is 11.6. The highest BCUT2D eigenvalue weighted by Crippen LogP contribution is 2.28. The molecule has 1 atom stereocenters. The van der Waals surface area contributed by atoms with E-state index in [9.17, 15) is 18.3 Å². The summed E-state index contributed by atoms with van der Waals surface area (Å²) in [6, 6.07) is 1.65. The highest BCUT2D eigenvalue weighted by molar-refractivity contribution is 5.24. The van der Waals surface area contributed by atoms with Crippen molar-refractivity contribution in [2.45, 2.75) is 32.3 Å². The van der Waals surface area contributed by atoms with E-state index in [0.717, 1.165) is 12.1 Å². The van der Waals surface area contributed by atoms with E-state index in [1.807, 2.05) is 6.92 Å². The average molecular weight is 218 g/mol. The van der Waals surface area contributed by atoms with Gasteiger partial charge in [0.05, 0.1) is 5.60 Å². The molecular formula is C11H13F3O. The monoisotopic (exact) mass is 218 g/mol. The van der Waals surface area contributed by atoms with Gasteiger partial charge >= 0.3 is 0 Å². The second kappa shape index (κ2) is 4.23. The standard InChI is InChI=1S/C11H13F3O/c1-3-4-11(2,15)7-5-8(12)10(14)9(13)6-7/h5-6,15H,3-4H2,1-2H3. The van der Waals surface area contributed by atoms with Crippen LogP contribution < -0.4 is 0 Å². The minimum absolute atomic E-state index is 0.0563. The van der Waals surface area contributed by atoms with E-state index in [0.29, 0.717) is 12.8 Å². The van der Waals surface area contributed by atoms with Crippen LogP contribution in [0.3, 0.4) is 0 Å². The highest BCUT2D eigenvalue weighted by Gasteiger charge is 2.25. The first-order chi connectivity index (χ1) is 6.88. The van der Waals surface area contributed by atoms with Crippen molar-refractivity contribution < 1.29 is 18.3 Å². The third-order valence-electron chi connectivity index (χ3n) is 2.34. The molecule has 0 aliphatic heterocycles. The largest absolute Gasteiger partial charge is 0.385 e. The number of halogens is 3. The zero-order valence-corrected chi connectivity index (χ0v) is 8.65. The van der Waals surface area contributed by atoms with Gasteiger partial charge in [-0.2, -0.15) is 0 Å². The van der Waals surface area contributed by atoms with Crippen molar-refractivity contribution in [3.63, 3.8) is 0 Å². The van der Waals surface area contributed by atoms with Gasteiger partial charge in [0.2, 0.25) is 0 Å². The summed E-state index contributed by atoms with van der Waals surface area (Å²) in [6.07, 6.45) is 1.02. The molecule has 1 unspecified atom stereocenters. The predicted molar refractivity (Wildman–Crippen MR) is 50.8 cm³/mol. The summed E-state index contributed by atoms with van der Waals surface area (Å²) in [5.74, 6) is -4.06. The molecule has 1 N–H and O–H groups in total. The van der Waals surface area contributed by atoms with Gasteiger partial charge in [-0.05, 0) is 31.0 Å². The van der Waals surface area contributed by atoms with E-state index in [1.54, 1.807) is 0 Å². The molecule has 0 aromatic heterocycles. The van der Waals surface area contributed by atoms with Gasteiger partial charge < -0.3 is 5.11 Å². The molecule has 1 rings (SSSR count). The lowest BCUT2D eigenvalue weighted by Crippen LogP contribution is -2.21. The fourth-order valence-electron chi connectivity index (χ4n) is 1.50. The van der Waals surface area contributed by atoms with Crippen LogP contribution in [-0.2, 0) is 5.60 Å². The Balaban J connectivity index is 3.16. The van der Waals surface area contributed by atoms with E-state index in [2.05, 4.69) is 0 Å². The molecule has 1 aromatic rings. The molecule has 0 saturated carbocycles. The minimum atomic E-state index is -1.51. The van der Waals surface area contributed by atoms with Crippen LogP contribution in [0.4, 0.5) is 13.2 Å². The van der Waals surface area contributed by atoms with E-state index < -0.39 is 23.1 Å². The smallest absolute Gasteiger partial charge is 0.194 e. The molecule has 0 spiro atoms. The molecule has 0 fully saturated rings. The van der Waals surface area contributed by atoms with Crippen LogP contribution in [0.2, 0.25) is 0 Å². The fourth-order valence-corrected chi connectivity index (χ4v) is 1.50. The number of aliphatic hydroxyl groups is 1. The summed E-state index contributed by atoms with van der Waals surface area (Å²) in [6.45, 7) is 3.29. The van der Waals surface area contributed by atoms with E-state index in [4.69, 9.17) is 0 Å². The van der Waals surface area contributed by atoms with Gasteiger partial charge in [-0.1, -0.05) is 13.3 Å². The lowest BCUT2D eigenvalue weighted by molar-refractivity contribution is 0.0461. The maximum atomic E-state index is 12.9. The summed E-state index contributed by atoms with van der Waals surface area (Å²) in [5, 5.41) is 9.87. The molecule has 4 heteroatoms. The van der Waals surface area contributed by atoms with Gasteiger partial charge in [0.25, 0.3) is 0 Å². The summed E-state index contributed by atoms with van der Waals surface area (Å²) in [7, 11) is 0. The molecule has 0 amide bonds. The molecule has 0 heterocycles. The molecule has 84 valence electrons. The minimum Gasteiger partial charge on any atom is -0.385 e. The quantitative estimate of drug-likeness (QED) is 0.773. The summed E-state index contributed by atoms with van der Waals surface area (Å²) in [5.41, 5.74) is -1.27. The Kier molecular flexibility index (Phi) is 3.39. The third-order valence-corrected chi connectivity index (χ3v) is 2.34. The van der Waals surface area contributed by atoms with Gasteiger partial charge in [0.15, 0.2) is 17.5 Å². The first-order valence-corrected chi connectivity index (χ1v) is 4.76. The van der Waals surface area contributed by atoms with Gasteiger partial charge in [-0.3, -0.25) is 0 Å². The molecule has 0 aliphatic rings. The van der Waals surface area contributed by atoms with Crippen molar-refractivity contribution in [3.8, 4) is 0 Å². The SMILES string of the molecule is CCCC(C)(O)c1cc(F)c(F)c(F)c1. The van der Waals surface area contributed by atoms with E-state index in [1.165, 1.54) is 6.92 Å². The van der Waals surface area contributed by atoms with Crippen LogP contribution in [-0.4, -0.2) is 5.11 Å². The Bertz CT molecular complexity index is 338. The van der Waals surface area contributed by atoms with Gasteiger partial charge in [0.1, 0.15) is 0 Å². The molecule has 1 nitrogen and oxygen atoms in total. The number of rotatable bonds is 3. The summed E-state index contributed by atoms with van der Waals surface area (Å²) >= 11 is 0. The second-order valence-electron chi connectivity index (χ2n) is 3.78. The number of hydrogen-bond donors (Lipinski definition) is 1. The molecule has 15 heavy (non-hydrogen) atoms. The van der Waals surface area contributed by atoms with Crippen molar-refractivity contribution in [2.75, 3.05) is 0 Å². The molecule has 0 saturated heterocycles. The Morgan fingerprint density at radius 1 is 1.20 bits per heavy atom. The van der Waals surface area contributed by atoms with Crippen LogP contribution >= 0.6 is 0 Å². The number of benzene rings is 1. The molecular weight excluding hydrogens is 205 g/mol.